The Kier molecular flexibility index (Phi) is 8.13. The van der Waals surface area contributed by atoms with Crippen molar-refractivity contribution >= 4 is 54.3 Å². The van der Waals surface area contributed by atoms with Crippen LogP contribution in [0.2, 0.25) is 0 Å². The maximum Gasteiger partial charge on any atom is 0.164 e. The highest BCUT2D eigenvalue weighted by Gasteiger charge is 2.17. The van der Waals surface area contributed by atoms with Crippen molar-refractivity contribution in [3.8, 4) is 67.5 Å². The van der Waals surface area contributed by atoms with E-state index in [4.69, 9.17) is 19.4 Å². The molecule has 0 spiro atoms. The Morgan fingerprint density at radius 3 is 1.59 bits per heavy atom. The van der Waals surface area contributed by atoms with Crippen molar-refractivity contribution in [2.75, 3.05) is 0 Å². The van der Waals surface area contributed by atoms with Gasteiger partial charge in [-0.05, 0) is 90.0 Å². The van der Waals surface area contributed by atoms with E-state index in [0.29, 0.717) is 17.5 Å². The fraction of sp³-hybridized carbons (Fsp3) is 0. The zero-order valence-corrected chi connectivity index (χ0v) is 33.0. The van der Waals surface area contributed by atoms with E-state index >= 15 is 0 Å². The summed E-state index contributed by atoms with van der Waals surface area (Å²) in [5.41, 5.74) is 11.3. The Balaban J connectivity index is 0.999. The van der Waals surface area contributed by atoms with Gasteiger partial charge in [0.1, 0.15) is 11.2 Å². The molecule has 0 N–H and O–H groups in total. The molecule has 0 aliphatic heterocycles. The molecule has 12 rings (SSSR count). The zero-order chi connectivity index (χ0) is 40.3. The molecule has 4 nitrogen and oxygen atoms in total. The lowest BCUT2D eigenvalue weighted by Crippen LogP contribution is -2.00. The SMILES string of the molecule is c1ccc(-c2ccc(-c3nc(-c4ccc(-c5c6ccccc6cc6c5ccc5ccccc56)cc4)nc(-c4cccc(-c5cccc6oc7ccccc7c56)c4)n3)cc2)cc1. The van der Waals surface area contributed by atoms with Gasteiger partial charge < -0.3 is 4.42 Å². The standard InChI is InChI=1S/C57H35N3O/c1-2-12-36(13-3-1)37-24-28-40(29-25-37)55-58-56(60-57(59-55)44-17-10-16-42(34-44)47-21-11-23-52-54(47)49-20-8-9-22-51(49)61-52)41-30-26-39(27-31-41)53-46-19-7-5-15-43(46)35-50-45-18-6-4-14-38(45)32-33-48(50)53/h1-35H. The Hall–Kier alpha value is -8.21. The van der Waals surface area contributed by atoms with Crippen LogP contribution in [0.5, 0.6) is 0 Å². The third-order valence-corrected chi connectivity index (χ3v) is 11.9. The summed E-state index contributed by atoms with van der Waals surface area (Å²) in [5, 5.41) is 9.60. The molecule has 0 saturated carbocycles. The average molecular weight is 778 g/mol. The molecule has 0 radical (unpaired) electrons. The summed E-state index contributed by atoms with van der Waals surface area (Å²) in [6.07, 6.45) is 0. The summed E-state index contributed by atoms with van der Waals surface area (Å²) < 4.78 is 6.26. The first kappa shape index (κ1) is 34.8. The van der Waals surface area contributed by atoms with E-state index in [1.54, 1.807) is 0 Å². The van der Waals surface area contributed by atoms with E-state index in [0.717, 1.165) is 66.4 Å². The van der Waals surface area contributed by atoms with E-state index < -0.39 is 0 Å². The average Bonchev–Trinajstić information content (AvgIpc) is 3.73. The Morgan fingerprint density at radius 1 is 0.279 bits per heavy atom. The quantitative estimate of drug-likeness (QED) is 0.125. The normalized spacial score (nSPS) is 11.6. The molecule has 12 aromatic rings. The second kappa shape index (κ2) is 14.3. The van der Waals surface area contributed by atoms with Crippen LogP contribution in [0.3, 0.4) is 0 Å². The summed E-state index contributed by atoms with van der Waals surface area (Å²) in [4.78, 5) is 15.5. The van der Waals surface area contributed by atoms with Crippen molar-refractivity contribution in [2.45, 2.75) is 0 Å². The Labute approximate surface area is 352 Å². The molecule has 2 aromatic heterocycles. The minimum Gasteiger partial charge on any atom is -0.456 e. The molecule has 0 atom stereocenters. The largest absolute Gasteiger partial charge is 0.456 e. The third-order valence-electron chi connectivity index (χ3n) is 11.9. The van der Waals surface area contributed by atoms with Crippen molar-refractivity contribution in [2.24, 2.45) is 0 Å². The minimum atomic E-state index is 0.606. The predicted octanol–water partition coefficient (Wildman–Crippen LogP) is 15.2. The van der Waals surface area contributed by atoms with Crippen LogP contribution >= 0.6 is 0 Å². The summed E-state index contributed by atoms with van der Waals surface area (Å²) in [6, 6.07) is 74.7. The first-order valence-corrected chi connectivity index (χ1v) is 20.6. The van der Waals surface area contributed by atoms with Gasteiger partial charge in [-0.3, -0.25) is 0 Å². The molecule has 0 amide bonds. The molecule has 61 heavy (non-hydrogen) atoms. The van der Waals surface area contributed by atoms with E-state index in [-0.39, 0.29) is 0 Å². The topological polar surface area (TPSA) is 51.8 Å². The highest BCUT2D eigenvalue weighted by atomic mass is 16.3. The third kappa shape index (κ3) is 6.04. The fourth-order valence-electron chi connectivity index (χ4n) is 8.96. The van der Waals surface area contributed by atoms with E-state index in [2.05, 4.69) is 188 Å². The van der Waals surface area contributed by atoms with Crippen LogP contribution in [0.1, 0.15) is 0 Å². The maximum atomic E-state index is 6.26. The van der Waals surface area contributed by atoms with E-state index in [9.17, 15) is 0 Å². The number of aromatic nitrogens is 3. The van der Waals surface area contributed by atoms with E-state index in [1.807, 2.05) is 24.3 Å². The highest BCUT2D eigenvalue weighted by Crippen LogP contribution is 2.41. The summed E-state index contributed by atoms with van der Waals surface area (Å²) in [7, 11) is 0. The number of furan rings is 1. The number of hydrogen-bond donors (Lipinski definition) is 0. The van der Waals surface area contributed by atoms with Gasteiger partial charge in [0.25, 0.3) is 0 Å². The van der Waals surface area contributed by atoms with Crippen molar-refractivity contribution in [3.63, 3.8) is 0 Å². The number of hydrogen-bond acceptors (Lipinski definition) is 4. The van der Waals surface area contributed by atoms with Gasteiger partial charge in [0.2, 0.25) is 0 Å². The first-order valence-electron chi connectivity index (χ1n) is 20.6. The molecule has 10 aromatic carbocycles. The summed E-state index contributed by atoms with van der Waals surface area (Å²) in [5.74, 6) is 1.83. The van der Waals surface area contributed by atoms with Crippen molar-refractivity contribution in [1.29, 1.82) is 0 Å². The Bertz CT molecular complexity index is 3630. The van der Waals surface area contributed by atoms with Crippen LogP contribution in [-0.2, 0) is 0 Å². The molecular formula is C57H35N3O. The van der Waals surface area contributed by atoms with Crippen LogP contribution in [0, 0.1) is 0 Å². The smallest absolute Gasteiger partial charge is 0.164 e. The lowest BCUT2D eigenvalue weighted by atomic mass is 9.89. The number of para-hydroxylation sites is 1. The zero-order valence-electron chi connectivity index (χ0n) is 33.0. The molecule has 0 unspecified atom stereocenters. The van der Waals surface area contributed by atoms with Gasteiger partial charge in [-0.1, -0.05) is 188 Å². The molecule has 0 aliphatic carbocycles. The van der Waals surface area contributed by atoms with Gasteiger partial charge in [-0.15, -0.1) is 0 Å². The molecule has 4 heteroatoms. The number of nitrogens with zero attached hydrogens (tertiary/aromatic N) is 3. The van der Waals surface area contributed by atoms with Gasteiger partial charge in [-0.2, -0.15) is 0 Å². The van der Waals surface area contributed by atoms with Gasteiger partial charge >= 0.3 is 0 Å². The van der Waals surface area contributed by atoms with Crippen molar-refractivity contribution < 1.29 is 4.42 Å². The van der Waals surface area contributed by atoms with Crippen LogP contribution < -0.4 is 0 Å². The number of rotatable bonds is 6. The van der Waals surface area contributed by atoms with Crippen LogP contribution in [-0.4, -0.2) is 15.0 Å². The summed E-state index contributed by atoms with van der Waals surface area (Å²) >= 11 is 0. The van der Waals surface area contributed by atoms with Gasteiger partial charge in [0.15, 0.2) is 17.5 Å². The van der Waals surface area contributed by atoms with Crippen LogP contribution in [0.25, 0.3) is 122 Å². The van der Waals surface area contributed by atoms with Gasteiger partial charge in [0, 0.05) is 27.5 Å². The van der Waals surface area contributed by atoms with Crippen LogP contribution in [0.4, 0.5) is 0 Å². The number of fused-ring (bicyclic) bond motifs is 7. The first-order chi connectivity index (χ1) is 30.2. The molecular weight excluding hydrogens is 743 g/mol. The second-order valence-corrected chi connectivity index (χ2v) is 15.5. The molecule has 284 valence electrons. The highest BCUT2D eigenvalue weighted by molar-refractivity contribution is 6.20. The Morgan fingerprint density at radius 2 is 0.820 bits per heavy atom. The molecule has 0 aliphatic rings. The lowest BCUT2D eigenvalue weighted by molar-refractivity contribution is 0.669. The predicted molar refractivity (Wildman–Crippen MR) is 252 cm³/mol. The molecule has 2 heterocycles. The molecule has 0 bridgehead atoms. The molecule has 0 saturated heterocycles. The number of benzene rings is 10. The minimum absolute atomic E-state index is 0.606. The summed E-state index contributed by atoms with van der Waals surface area (Å²) in [6.45, 7) is 0. The maximum absolute atomic E-state index is 6.26. The fourth-order valence-corrected chi connectivity index (χ4v) is 8.96. The van der Waals surface area contributed by atoms with E-state index in [1.165, 1.54) is 37.9 Å². The van der Waals surface area contributed by atoms with Gasteiger partial charge in [0.05, 0.1) is 0 Å². The lowest BCUT2D eigenvalue weighted by Gasteiger charge is -2.14. The molecule has 0 fully saturated rings. The van der Waals surface area contributed by atoms with Gasteiger partial charge in [-0.25, -0.2) is 15.0 Å². The van der Waals surface area contributed by atoms with Crippen molar-refractivity contribution in [3.05, 3.63) is 212 Å². The second-order valence-electron chi connectivity index (χ2n) is 15.5. The van der Waals surface area contributed by atoms with Crippen molar-refractivity contribution in [1.82, 2.24) is 15.0 Å². The monoisotopic (exact) mass is 777 g/mol. The van der Waals surface area contributed by atoms with Crippen LogP contribution in [0.15, 0.2) is 217 Å².